The van der Waals surface area contributed by atoms with Crippen molar-refractivity contribution in [3.8, 4) is 0 Å². The molecule has 0 spiro atoms. The Morgan fingerprint density at radius 2 is 2.06 bits per heavy atom. The highest BCUT2D eigenvalue weighted by molar-refractivity contribution is 14.1. The van der Waals surface area contributed by atoms with E-state index in [-0.39, 0.29) is 0 Å². The number of rotatable bonds is 2. The summed E-state index contributed by atoms with van der Waals surface area (Å²) in [6.45, 7) is 4.33. The molecule has 1 heterocycles. The Kier molecular flexibility index (Phi) is 2.38. The summed E-state index contributed by atoms with van der Waals surface area (Å²) in [4.78, 5) is 11.3. The molecule has 4 heteroatoms. The minimum absolute atomic E-state index is 0.413. The zero-order valence-corrected chi connectivity index (χ0v) is 11.6. The lowest BCUT2D eigenvalue weighted by Crippen LogP contribution is -2.09. The van der Waals surface area contributed by atoms with Crippen molar-refractivity contribution in [1.82, 2.24) is 9.78 Å². The lowest BCUT2D eigenvalue weighted by atomic mass is 10.1. The normalized spacial score (nSPS) is 32.2. The Morgan fingerprint density at radius 3 is 2.62 bits per heavy atom. The third-order valence-corrected chi connectivity index (χ3v) is 4.35. The fraction of sp³-hybridized carbons (Fsp3) is 0.667. The summed E-state index contributed by atoms with van der Waals surface area (Å²) in [7, 11) is 0. The van der Waals surface area contributed by atoms with Crippen LogP contribution >= 0.6 is 22.6 Å². The zero-order valence-electron chi connectivity index (χ0n) is 9.48. The Morgan fingerprint density at radius 1 is 1.44 bits per heavy atom. The molecule has 2 aliphatic rings. The van der Waals surface area contributed by atoms with E-state index >= 15 is 0 Å². The number of Topliss-reactive ketones (excluding diaryl/α,β-unsaturated/α-hetero) is 1. The van der Waals surface area contributed by atoms with Crippen molar-refractivity contribution in [1.29, 1.82) is 0 Å². The van der Waals surface area contributed by atoms with Gasteiger partial charge in [-0.2, -0.15) is 5.10 Å². The van der Waals surface area contributed by atoms with Crippen molar-refractivity contribution in [3.05, 3.63) is 15.5 Å². The van der Waals surface area contributed by atoms with Gasteiger partial charge in [-0.15, -0.1) is 0 Å². The Bertz CT molecular complexity index is 438. The van der Waals surface area contributed by atoms with E-state index in [1.54, 1.807) is 0 Å². The maximum Gasteiger partial charge on any atom is 0.133 e. The Balaban J connectivity index is 1.89. The van der Waals surface area contributed by atoms with E-state index in [0.29, 0.717) is 29.6 Å². The van der Waals surface area contributed by atoms with E-state index in [1.165, 1.54) is 5.69 Å². The van der Waals surface area contributed by atoms with Gasteiger partial charge in [0.15, 0.2) is 0 Å². The maximum atomic E-state index is 11.3. The first-order valence-electron chi connectivity index (χ1n) is 5.84. The quantitative estimate of drug-likeness (QED) is 0.782. The van der Waals surface area contributed by atoms with E-state index in [1.807, 2.05) is 0 Å². The molecule has 3 rings (SSSR count). The van der Waals surface area contributed by atoms with Crippen LogP contribution in [0, 0.1) is 15.5 Å². The molecule has 86 valence electrons. The molecule has 3 nitrogen and oxygen atoms in total. The summed E-state index contributed by atoms with van der Waals surface area (Å²) in [6, 6.07) is 2.60. The van der Waals surface area contributed by atoms with Crippen LogP contribution in [0.2, 0.25) is 0 Å². The van der Waals surface area contributed by atoms with Gasteiger partial charge in [-0.3, -0.25) is 9.48 Å². The molecule has 0 aliphatic heterocycles. The summed E-state index contributed by atoms with van der Waals surface area (Å²) < 4.78 is 3.20. The topological polar surface area (TPSA) is 34.9 Å². The minimum atomic E-state index is 0.413. The lowest BCUT2D eigenvalue weighted by Gasteiger charge is -2.11. The first kappa shape index (κ1) is 10.7. The molecule has 3 atom stereocenters. The smallest absolute Gasteiger partial charge is 0.133 e. The number of nitrogens with zero attached hydrogens (tertiary/aromatic N) is 2. The van der Waals surface area contributed by atoms with Crippen molar-refractivity contribution in [2.24, 2.45) is 11.8 Å². The molecule has 0 saturated heterocycles. The highest BCUT2D eigenvalue weighted by Crippen LogP contribution is 2.62. The fourth-order valence-corrected chi connectivity index (χ4v) is 3.64. The second-order valence-electron chi connectivity index (χ2n) is 5.23. The van der Waals surface area contributed by atoms with Gasteiger partial charge in [-0.1, -0.05) is 0 Å². The number of hydrogen-bond acceptors (Lipinski definition) is 2. The monoisotopic (exact) mass is 330 g/mol. The van der Waals surface area contributed by atoms with Crippen molar-refractivity contribution < 1.29 is 4.79 Å². The molecule has 1 aromatic heterocycles. The van der Waals surface area contributed by atoms with Crippen LogP contribution < -0.4 is 0 Å². The number of hydrogen-bond donors (Lipinski definition) is 0. The van der Waals surface area contributed by atoms with Crippen LogP contribution in [0.3, 0.4) is 0 Å². The first-order valence-corrected chi connectivity index (χ1v) is 6.92. The average molecular weight is 330 g/mol. The van der Waals surface area contributed by atoms with Gasteiger partial charge in [0.05, 0.1) is 0 Å². The molecule has 0 radical (unpaired) electrons. The predicted molar refractivity (Wildman–Crippen MR) is 69.3 cm³/mol. The molecular weight excluding hydrogens is 315 g/mol. The highest BCUT2D eigenvalue weighted by Gasteiger charge is 2.57. The molecular formula is C12H15IN2O. The number of aromatic nitrogens is 2. The predicted octanol–water partition coefficient (Wildman–Crippen LogP) is 2.76. The van der Waals surface area contributed by atoms with Crippen LogP contribution in [0.4, 0.5) is 0 Å². The molecule has 0 bridgehead atoms. The van der Waals surface area contributed by atoms with Crippen LogP contribution in [0.15, 0.2) is 6.07 Å². The Hall–Kier alpha value is -0.390. The molecule has 2 fully saturated rings. The fourth-order valence-electron chi connectivity index (χ4n) is 3.09. The van der Waals surface area contributed by atoms with Gasteiger partial charge in [0.1, 0.15) is 9.48 Å². The van der Waals surface area contributed by atoms with Crippen molar-refractivity contribution in [3.63, 3.8) is 0 Å². The lowest BCUT2D eigenvalue weighted by molar-refractivity contribution is -0.118. The third kappa shape index (κ3) is 1.53. The van der Waals surface area contributed by atoms with Crippen LogP contribution in [-0.2, 0) is 4.79 Å². The summed E-state index contributed by atoms with van der Waals surface area (Å²) >= 11 is 2.27. The summed E-state index contributed by atoms with van der Waals surface area (Å²) in [6.07, 6.45) is 1.60. The van der Waals surface area contributed by atoms with E-state index in [9.17, 15) is 4.79 Å². The second-order valence-corrected chi connectivity index (χ2v) is 6.34. The largest absolute Gasteiger partial charge is 0.300 e. The van der Waals surface area contributed by atoms with Gasteiger partial charge in [-0.25, -0.2) is 0 Å². The summed E-state index contributed by atoms with van der Waals surface area (Å²) in [5.41, 5.74) is 1.35. The molecule has 2 aliphatic carbocycles. The number of carbonyl (C=O) groups is 1. The number of fused-ring (bicyclic) bond motifs is 1. The molecule has 1 unspecified atom stereocenters. The molecule has 2 saturated carbocycles. The van der Waals surface area contributed by atoms with E-state index in [2.05, 4.69) is 52.3 Å². The standard InChI is InChI=1S/C12H15IN2O/c1-6(2)15-10(5-11(13)14-15)12-8-3-7(16)4-9(8)12/h5-6,8-9,12H,3-4H2,1-2H3/t8-,9+,12?. The molecule has 0 amide bonds. The van der Waals surface area contributed by atoms with Gasteiger partial charge >= 0.3 is 0 Å². The average Bonchev–Trinajstić information content (AvgIpc) is 2.60. The van der Waals surface area contributed by atoms with Crippen molar-refractivity contribution >= 4 is 28.4 Å². The zero-order chi connectivity index (χ0) is 11.4. The Labute approximate surface area is 109 Å². The molecule has 16 heavy (non-hydrogen) atoms. The number of halogens is 1. The minimum Gasteiger partial charge on any atom is -0.300 e. The van der Waals surface area contributed by atoms with Crippen molar-refractivity contribution in [2.45, 2.75) is 38.6 Å². The first-order chi connectivity index (χ1) is 7.58. The number of carbonyl (C=O) groups excluding carboxylic acids is 1. The van der Waals surface area contributed by atoms with Crippen LogP contribution in [0.5, 0.6) is 0 Å². The maximum absolute atomic E-state index is 11.3. The van der Waals surface area contributed by atoms with Crippen molar-refractivity contribution in [2.75, 3.05) is 0 Å². The summed E-state index contributed by atoms with van der Waals surface area (Å²) in [5, 5.41) is 4.54. The number of ketones is 1. The van der Waals surface area contributed by atoms with Gasteiger partial charge in [0.25, 0.3) is 0 Å². The van der Waals surface area contributed by atoms with Crippen LogP contribution in [-0.4, -0.2) is 15.6 Å². The highest BCUT2D eigenvalue weighted by atomic mass is 127. The third-order valence-electron chi connectivity index (χ3n) is 3.82. The summed E-state index contributed by atoms with van der Waals surface area (Å²) in [5.74, 6) is 2.31. The van der Waals surface area contributed by atoms with Gasteiger partial charge in [0, 0.05) is 30.5 Å². The molecule has 1 aromatic rings. The van der Waals surface area contributed by atoms with E-state index < -0.39 is 0 Å². The molecule has 0 aromatic carbocycles. The SMILES string of the molecule is CC(C)n1nc(I)cc1C1[C@H]2CC(=O)C[C@@H]12. The molecule has 0 N–H and O–H groups in total. The second kappa shape index (κ2) is 3.55. The van der Waals surface area contributed by atoms with Gasteiger partial charge < -0.3 is 0 Å². The van der Waals surface area contributed by atoms with Crippen LogP contribution in [0.1, 0.15) is 44.3 Å². The van der Waals surface area contributed by atoms with Gasteiger partial charge in [0.2, 0.25) is 0 Å². The van der Waals surface area contributed by atoms with Gasteiger partial charge in [-0.05, 0) is 54.3 Å². The van der Waals surface area contributed by atoms with Crippen LogP contribution in [0.25, 0.3) is 0 Å². The van der Waals surface area contributed by atoms with E-state index in [0.717, 1.165) is 16.5 Å². The van der Waals surface area contributed by atoms with E-state index in [4.69, 9.17) is 0 Å².